The van der Waals surface area contributed by atoms with Gasteiger partial charge in [-0.3, -0.25) is 0 Å². The highest BCUT2D eigenvalue weighted by Crippen LogP contribution is 2.28. The van der Waals surface area contributed by atoms with E-state index >= 15 is 0 Å². The molecule has 4 nitrogen and oxygen atoms in total. The SMILES string of the molecule is CCCNc1nc(C(CC)OC)nc(CCC)c1Br. The Morgan fingerprint density at radius 2 is 1.95 bits per heavy atom. The third-order valence-corrected chi connectivity index (χ3v) is 3.74. The number of hydrogen-bond acceptors (Lipinski definition) is 4. The van der Waals surface area contributed by atoms with E-state index in [1.165, 1.54) is 0 Å². The summed E-state index contributed by atoms with van der Waals surface area (Å²) in [5, 5.41) is 3.35. The van der Waals surface area contributed by atoms with Crippen molar-refractivity contribution in [2.45, 2.75) is 52.6 Å². The maximum Gasteiger partial charge on any atom is 0.159 e. The Morgan fingerprint density at radius 1 is 1.21 bits per heavy atom. The first-order valence-corrected chi connectivity index (χ1v) is 7.80. The number of nitrogens with one attached hydrogen (secondary N) is 1. The molecule has 0 bridgehead atoms. The molecule has 19 heavy (non-hydrogen) atoms. The molecule has 5 heteroatoms. The van der Waals surface area contributed by atoms with E-state index in [0.717, 1.165) is 54.0 Å². The van der Waals surface area contributed by atoms with Gasteiger partial charge in [0, 0.05) is 13.7 Å². The van der Waals surface area contributed by atoms with Gasteiger partial charge in [0.05, 0.1) is 10.2 Å². The molecular weight excluding hydrogens is 306 g/mol. The maximum absolute atomic E-state index is 5.45. The maximum atomic E-state index is 5.45. The van der Waals surface area contributed by atoms with E-state index in [1.54, 1.807) is 7.11 Å². The van der Waals surface area contributed by atoms with Crippen LogP contribution in [0.2, 0.25) is 0 Å². The van der Waals surface area contributed by atoms with Crippen LogP contribution in [0, 0.1) is 0 Å². The second-order valence-corrected chi connectivity index (χ2v) is 5.29. The Kier molecular flexibility index (Phi) is 7.31. The van der Waals surface area contributed by atoms with Crippen molar-refractivity contribution in [3.8, 4) is 0 Å². The molecule has 0 aliphatic carbocycles. The number of ether oxygens (including phenoxy) is 1. The lowest BCUT2D eigenvalue weighted by Gasteiger charge is -2.16. The van der Waals surface area contributed by atoms with Crippen molar-refractivity contribution in [3.63, 3.8) is 0 Å². The zero-order chi connectivity index (χ0) is 14.3. The van der Waals surface area contributed by atoms with Crippen LogP contribution in [0.3, 0.4) is 0 Å². The van der Waals surface area contributed by atoms with Crippen molar-refractivity contribution in [3.05, 3.63) is 16.0 Å². The Morgan fingerprint density at radius 3 is 2.47 bits per heavy atom. The number of methoxy groups -OCH3 is 1. The minimum atomic E-state index is -0.0362. The van der Waals surface area contributed by atoms with Crippen LogP contribution in [0.15, 0.2) is 4.47 Å². The molecule has 1 heterocycles. The van der Waals surface area contributed by atoms with Gasteiger partial charge < -0.3 is 10.1 Å². The van der Waals surface area contributed by atoms with E-state index in [-0.39, 0.29) is 6.10 Å². The number of halogens is 1. The van der Waals surface area contributed by atoms with Crippen LogP contribution in [-0.4, -0.2) is 23.6 Å². The van der Waals surface area contributed by atoms with Gasteiger partial charge in [-0.2, -0.15) is 0 Å². The van der Waals surface area contributed by atoms with E-state index in [1.807, 2.05) is 0 Å². The van der Waals surface area contributed by atoms with Crippen molar-refractivity contribution < 1.29 is 4.74 Å². The Labute approximate surface area is 124 Å². The molecule has 1 atom stereocenters. The molecule has 108 valence electrons. The zero-order valence-corrected chi connectivity index (χ0v) is 13.9. The molecule has 1 unspecified atom stereocenters. The number of nitrogens with zero attached hydrogens (tertiary/aromatic N) is 2. The molecule has 0 saturated heterocycles. The fourth-order valence-corrected chi connectivity index (χ4v) is 2.39. The summed E-state index contributed by atoms with van der Waals surface area (Å²) in [5.74, 6) is 1.65. The lowest BCUT2D eigenvalue weighted by Crippen LogP contribution is -2.12. The highest BCUT2D eigenvalue weighted by atomic mass is 79.9. The molecule has 0 aromatic carbocycles. The van der Waals surface area contributed by atoms with Crippen LogP contribution in [-0.2, 0) is 11.2 Å². The number of aromatic nitrogens is 2. The fraction of sp³-hybridized carbons (Fsp3) is 0.714. The first kappa shape index (κ1) is 16.4. The molecule has 0 fully saturated rings. The van der Waals surface area contributed by atoms with E-state index in [4.69, 9.17) is 4.74 Å². The monoisotopic (exact) mass is 329 g/mol. The largest absolute Gasteiger partial charge is 0.373 e. The quantitative estimate of drug-likeness (QED) is 0.779. The molecule has 0 saturated carbocycles. The summed E-state index contributed by atoms with van der Waals surface area (Å²) in [4.78, 5) is 9.25. The zero-order valence-electron chi connectivity index (χ0n) is 12.3. The average molecular weight is 330 g/mol. The average Bonchev–Trinajstić information content (AvgIpc) is 2.42. The van der Waals surface area contributed by atoms with Crippen LogP contribution in [0.4, 0.5) is 5.82 Å². The van der Waals surface area contributed by atoms with Crippen molar-refractivity contribution in [2.75, 3.05) is 19.0 Å². The van der Waals surface area contributed by atoms with Gasteiger partial charge in [-0.05, 0) is 35.2 Å². The highest BCUT2D eigenvalue weighted by molar-refractivity contribution is 9.10. The number of hydrogen-bond donors (Lipinski definition) is 1. The minimum Gasteiger partial charge on any atom is -0.373 e. The Balaban J connectivity index is 3.13. The first-order valence-electron chi connectivity index (χ1n) is 7.00. The van der Waals surface area contributed by atoms with Gasteiger partial charge in [0.15, 0.2) is 5.82 Å². The van der Waals surface area contributed by atoms with Crippen LogP contribution >= 0.6 is 15.9 Å². The topological polar surface area (TPSA) is 47.0 Å². The lowest BCUT2D eigenvalue weighted by molar-refractivity contribution is 0.0924. The summed E-state index contributed by atoms with van der Waals surface area (Å²) in [7, 11) is 1.71. The molecule has 0 radical (unpaired) electrons. The molecule has 1 N–H and O–H groups in total. The Hall–Kier alpha value is -0.680. The molecule has 0 aliphatic heterocycles. The number of rotatable bonds is 8. The van der Waals surface area contributed by atoms with Crippen molar-refractivity contribution in [1.82, 2.24) is 9.97 Å². The predicted molar refractivity (Wildman–Crippen MR) is 82.5 cm³/mol. The molecular formula is C14H24BrN3O. The predicted octanol–water partition coefficient (Wildman–Crippen LogP) is 4.11. The second kappa shape index (κ2) is 8.48. The normalized spacial score (nSPS) is 12.5. The molecule has 0 spiro atoms. The molecule has 0 aliphatic rings. The van der Waals surface area contributed by atoms with Crippen molar-refractivity contribution in [2.24, 2.45) is 0 Å². The van der Waals surface area contributed by atoms with Gasteiger partial charge >= 0.3 is 0 Å². The Bertz CT molecular complexity index is 395. The van der Waals surface area contributed by atoms with Gasteiger partial charge in [-0.25, -0.2) is 9.97 Å². The summed E-state index contributed by atoms with van der Waals surface area (Å²) < 4.78 is 6.43. The fourth-order valence-electron chi connectivity index (χ4n) is 1.87. The minimum absolute atomic E-state index is 0.0362. The van der Waals surface area contributed by atoms with Crippen molar-refractivity contribution in [1.29, 1.82) is 0 Å². The molecule has 0 amide bonds. The van der Waals surface area contributed by atoms with E-state index in [0.29, 0.717) is 0 Å². The summed E-state index contributed by atoms with van der Waals surface area (Å²) >= 11 is 3.61. The number of aryl methyl sites for hydroxylation is 1. The van der Waals surface area contributed by atoms with Crippen LogP contribution in [0.5, 0.6) is 0 Å². The molecule has 1 aromatic heterocycles. The van der Waals surface area contributed by atoms with E-state index < -0.39 is 0 Å². The summed E-state index contributed by atoms with van der Waals surface area (Å²) in [6.07, 6.45) is 3.90. The molecule has 1 rings (SSSR count). The third kappa shape index (κ3) is 4.42. The lowest BCUT2D eigenvalue weighted by atomic mass is 10.2. The van der Waals surface area contributed by atoms with E-state index in [9.17, 15) is 0 Å². The van der Waals surface area contributed by atoms with Gasteiger partial charge in [0.25, 0.3) is 0 Å². The van der Waals surface area contributed by atoms with Crippen molar-refractivity contribution >= 4 is 21.7 Å². The highest BCUT2D eigenvalue weighted by Gasteiger charge is 2.17. The summed E-state index contributed by atoms with van der Waals surface area (Å²) in [5.41, 5.74) is 1.06. The van der Waals surface area contributed by atoms with Gasteiger partial charge in [-0.15, -0.1) is 0 Å². The summed E-state index contributed by atoms with van der Waals surface area (Å²) in [6, 6.07) is 0. The van der Waals surface area contributed by atoms with Gasteiger partial charge in [0.2, 0.25) is 0 Å². The first-order chi connectivity index (χ1) is 9.17. The standard InChI is InChI=1S/C14H24BrN3O/c1-5-8-10-12(15)14(16-9-6-2)18-13(17-10)11(7-3)19-4/h11H,5-9H2,1-4H3,(H,16,17,18). The smallest absolute Gasteiger partial charge is 0.159 e. The summed E-state index contributed by atoms with van der Waals surface area (Å²) in [6.45, 7) is 7.28. The molecule has 1 aromatic rings. The second-order valence-electron chi connectivity index (χ2n) is 4.50. The van der Waals surface area contributed by atoms with Gasteiger partial charge in [-0.1, -0.05) is 27.2 Å². The van der Waals surface area contributed by atoms with Crippen LogP contribution in [0.25, 0.3) is 0 Å². The third-order valence-electron chi connectivity index (χ3n) is 2.91. The number of anilines is 1. The van der Waals surface area contributed by atoms with Gasteiger partial charge in [0.1, 0.15) is 11.9 Å². The van der Waals surface area contributed by atoms with E-state index in [2.05, 4.69) is 52.0 Å². The van der Waals surface area contributed by atoms with Crippen LogP contribution in [0.1, 0.15) is 57.7 Å². The van der Waals surface area contributed by atoms with Crippen LogP contribution < -0.4 is 5.32 Å².